The second-order valence-corrected chi connectivity index (χ2v) is 15.5. The summed E-state index contributed by atoms with van der Waals surface area (Å²) in [6.07, 6.45) is 5.67. The molecule has 0 radical (unpaired) electrons. The lowest BCUT2D eigenvalue weighted by atomic mass is 10.0. The van der Waals surface area contributed by atoms with Gasteiger partial charge in [-0.2, -0.15) is 11.8 Å². The van der Waals surface area contributed by atoms with Crippen molar-refractivity contribution in [1.82, 2.24) is 41.0 Å². The number of thioether (sulfide) groups is 1. The molecule has 334 valence electrons. The molecular formula is C39H55N9O12S. The summed E-state index contributed by atoms with van der Waals surface area (Å²) in [6, 6.07) is 2.00. The van der Waals surface area contributed by atoms with Crippen molar-refractivity contribution in [2.75, 3.05) is 31.6 Å². The molecule has 6 amide bonds. The van der Waals surface area contributed by atoms with Crippen molar-refractivity contribution in [2.45, 2.75) is 101 Å². The van der Waals surface area contributed by atoms with E-state index in [-0.39, 0.29) is 38.8 Å². The van der Waals surface area contributed by atoms with Gasteiger partial charge in [-0.3, -0.25) is 38.4 Å². The predicted molar refractivity (Wildman–Crippen MR) is 219 cm³/mol. The van der Waals surface area contributed by atoms with E-state index in [1.54, 1.807) is 30.3 Å². The van der Waals surface area contributed by atoms with Crippen molar-refractivity contribution in [3.8, 4) is 0 Å². The minimum atomic E-state index is -1.36. The number of carboxylic acid groups (broad SMARTS) is 3. The van der Waals surface area contributed by atoms with Crippen LogP contribution in [-0.2, 0) is 56.0 Å². The van der Waals surface area contributed by atoms with Gasteiger partial charge < -0.3 is 57.1 Å². The van der Waals surface area contributed by atoms with Gasteiger partial charge in [-0.15, -0.1) is 0 Å². The van der Waals surface area contributed by atoms with Crippen LogP contribution in [0.25, 0.3) is 0 Å². The Kier molecular flexibility index (Phi) is 20.1. The molecule has 0 spiro atoms. The molecule has 2 aromatic rings. The maximum atomic E-state index is 14.3. The topological polar surface area (TPSA) is 324 Å². The highest BCUT2D eigenvalue weighted by atomic mass is 32.2. The van der Waals surface area contributed by atoms with E-state index in [0.29, 0.717) is 42.7 Å². The SMILES string of the molecule is CC(=O)O.CSCC[C@H](N)C(=O)N[C@@H](CCC(=O)O)C(=O)N[C@@H](Cc1cnc[nH]1)C(=O)N[C@@H](Cc1ccccc1)C(=O)N1CCC[C@H]1C(=O)NCC(=O)N1CCC[C@H]1C(=O)O. The van der Waals surface area contributed by atoms with Gasteiger partial charge in [0.1, 0.15) is 30.2 Å². The third-order valence-electron chi connectivity index (χ3n) is 9.87. The van der Waals surface area contributed by atoms with Crippen LogP contribution in [0, 0.1) is 0 Å². The molecule has 61 heavy (non-hydrogen) atoms. The van der Waals surface area contributed by atoms with E-state index >= 15 is 0 Å². The average molecular weight is 874 g/mol. The van der Waals surface area contributed by atoms with Crippen molar-refractivity contribution >= 4 is 65.1 Å². The number of aromatic nitrogens is 2. The number of aliphatic carboxylic acids is 3. The lowest BCUT2D eigenvalue weighted by Gasteiger charge is -2.30. The standard InChI is InChI=1S/C37H51N9O10S.C2H4O2/c1-57-16-13-24(38)32(50)42-25(11-12-31(48)49)33(51)43-26(18-23-19-39-21-41-23)34(52)44-27(17-22-7-3-2-4-8-22)36(54)46-15-5-9-28(46)35(53)40-20-30(47)45-14-6-10-29(45)37(55)56;1-2(3)4/h2-4,7-8,19,21,24-29H,5-6,9-18,20,38H2,1H3,(H,39,41)(H,40,53)(H,42,50)(H,43,51)(H,44,52)(H,48,49)(H,55,56);1H3,(H,3,4)/t24-,25-,26-,27-,28-,29-;/m0./s1. The van der Waals surface area contributed by atoms with Crippen LogP contribution >= 0.6 is 11.8 Å². The summed E-state index contributed by atoms with van der Waals surface area (Å²) in [5.41, 5.74) is 7.13. The number of hydrogen-bond donors (Lipinski definition) is 9. The summed E-state index contributed by atoms with van der Waals surface area (Å²) in [4.78, 5) is 123. The smallest absolute Gasteiger partial charge is 0.326 e. The number of amides is 6. The number of H-pyrrole nitrogens is 1. The summed E-state index contributed by atoms with van der Waals surface area (Å²) in [6.45, 7) is 1.07. The van der Waals surface area contributed by atoms with Gasteiger partial charge in [0.05, 0.1) is 18.9 Å². The first-order valence-corrected chi connectivity index (χ1v) is 21.1. The van der Waals surface area contributed by atoms with Gasteiger partial charge >= 0.3 is 11.9 Å². The summed E-state index contributed by atoms with van der Waals surface area (Å²) in [5, 5.41) is 36.7. The number of hydrogen-bond acceptors (Lipinski definition) is 12. The Bertz CT molecular complexity index is 1830. The van der Waals surface area contributed by atoms with E-state index in [2.05, 4.69) is 31.2 Å². The molecule has 0 aliphatic carbocycles. The molecule has 0 bridgehead atoms. The number of nitrogens with one attached hydrogen (secondary N) is 5. The largest absolute Gasteiger partial charge is 0.481 e. The van der Waals surface area contributed by atoms with Gasteiger partial charge in [0.2, 0.25) is 35.4 Å². The van der Waals surface area contributed by atoms with Gasteiger partial charge in [-0.1, -0.05) is 30.3 Å². The molecular weight excluding hydrogens is 819 g/mol. The first kappa shape index (κ1) is 49.3. The summed E-state index contributed by atoms with van der Waals surface area (Å²) in [7, 11) is 0. The quantitative estimate of drug-likeness (QED) is 0.0717. The molecule has 22 heteroatoms. The number of imidazole rings is 1. The Balaban J connectivity index is 0.00000237. The molecule has 0 saturated carbocycles. The summed E-state index contributed by atoms with van der Waals surface area (Å²) < 4.78 is 0. The number of aromatic amines is 1. The van der Waals surface area contributed by atoms with Crippen LogP contribution in [0.4, 0.5) is 0 Å². The minimum Gasteiger partial charge on any atom is -0.481 e. The number of rotatable bonds is 21. The Hall–Kier alpha value is -6.03. The second-order valence-electron chi connectivity index (χ2n) is 14.5. The monoisotopic (exact) mass is 873 g/mol. The number of carbonyl (C=O) groups is 9. The van der Waals surface area contributed by atoms with Crippen molar-refractivity contribution in [3.05, 3.63) is 54.1 Å². The number of carboxylic acids is 3. The predicted octanol–water partition coefficient (Wildman–Crippen LogP) is -1.13. The van der Waals surface area contributed by atoms with E-state index in [4.69, 9.17) is 15.6 Å². The van der Waals surface area contributed by atoms with Crippen molar-refractivity contribution in [2.24, 2.45) is 5.73 Å². The van der Waals surface area contributed by atoms with Gasteiger partial charge in [0.25, 0.3) is 5.97 Å². The molecule has 0 unspecified atom stereocenters. The van der Waals surface area contributed by atoms with Crippen LogP contribution in [0.1, 0.15) is 63.1 Å². The van der Waals surface area contributed by atoms with Gasteiger partial charge in [-0.05, 0) is 56.1 Å². The Morgan fingerprint density at radius 1 is 0.836 bits per heavy atom. The Morgan fingerprint density at radius 2 is 1.44 bits per heavy atom. The van der Waals surface area contributed by atoms with Crippen LogP contribution in [0.15, 0.2) is 42.9 Å². The highest BCUT2D eigenvalue weighted by Gasteiger charge is 2.40. The molecule has 2 aliphatic heterocycles. The first-order valence-electron chi connectivity index (χ1n) is 19.7. The Morgan fingerprint density at radius 3 is 2.05 bits per heavy atom. The fourth-order valence-electron chi connectivity index (χ4n) is 6.82. The van der Waals surface area contributed by atoms with E-state index in [0.717, 1.165) is 6.92 Å². The fourth-order valence-corrected chi connectivity index (χ4v) is 7.31. The molecule has 2 aliphatic rings. The zero-order chi connectivity index (χ0) is 45.1. The number of benzene rings is 1. The lowest BCUT2D eigenvalue weighted by molar-refractivity contribution is -0.148. The molecule has 4 rings (SSSR count). The van der Waals surface area contributed by atoms with Gasteiger partial charge in [-0.25, -0.2) is 9.78 Å². The van der Waals surface area contributed by atoms with Crippen LogP contribution in [0.5, 0.6) is 0 Å². The molecule has 21 nitrogen and oxygen atoms in total. The molecule has 10 N–H and O–H groups in total. The van der Waals surface area contributed by atoms with Crippen LogP contribution in [0.3, 0.4) is 0 Å². The lowest BCUT2D eigenvalue weighted by Crippen LogP contribution is -2.59. The minimum absolute atomic E-state index is 0.0101. The van der Waals surface area contributed by atoms with E-state index in [9.17, 15) is 48.6 Å². The second kappa shape index (κ2) is 24.9. The zero-order valence-corrected chi connectivity index (χ0v) is 34.9. The number of nitrogens with two attached hydrogens (primary N) is 1. The van der Waals surface area contributed by atoms with Crippen LogP contribution < -0.4 is 27.0 Å². The van der Waals surface area contributed by atoms with E-state index in [1.807, 2.05) is 6.26 Å². The molecule has 6 atom stereocenters. The molecule has 2 saturated heterocycles. The molecule has 3 heterocycles. The summed E-state index contributed by atoms with van der Waals surface area (Å²) in [5.74, 6) is -6.61. The van der Waals surface area contributed by atoms with E-state index in [1.165, 1.54) is 34.1 Å². The Labute approximate surface area is 356 Å². The molecule has 1 aromatic heterocycles. The summed E-state index contributed by atoms with van der Waals surface area (Å²) >= 11 is 1.48. The van der Waals surface area contributed by atoms with E-state index < -0.39 is 103 Å². The average Bonchev–Trinajstić information content (AvgIpc) is 4.03. The zero-order valence-electron chi connectivity index (χ0n) is 34.0. The van der Waals surface area contributed by atoms with Crippen molar-refractivity contribution in [1.29, 1.82) is 0 Å². The van der Waals surface area contributed by atoms with Crippen LogP contribution in [-0.4, -0.2) is 156 Å². The number of likely N-dealkylation sites (tertiary alicyclic amines) is 2. The third-order valence-corrected chi connectivity index (χ3v) is 10.5. The maximum absolute atomic E-state index is 14.3. The van der Waals surface area contributed by atoms with Crippen LogP contribution in [0.2, 0.25) is 0 Å². The number of carbonyl (C=O) groups excluding carboxylic acids is 6. The molecule has 1 aromatic carbocycles. The normalized spacial score (nSPS) is 17.7. The maximum Gasteiger partial charge on any atom is 0.326 e. The highest BCUT2D eigenvalue weighted by molar-refractivity contribution is 7.98. The molecule has 2 fully saturated rings. The highest BCUT2D eigenvalue weighted by Crippen LogP contribution is 2.21. The fraction of sp³-hybridized carbons (Fsp3) is 0.538. The van der Waals surface area contributed by atoms with Crippen molar-refractivity contribution in [3.63, 3.8) is 0 Å². The third kappa shape index (κ3) is 16.2. The number of nitrogens with zero attached hydrogens (tertiary/aromatic N) is 3. The van der Waals surface area contributed by atoms with Gasteiger partial charge in [0, 0.05) is 51.2 Å². The van der Waals surface area contributed by atoms with Crippen molar-refractivity contribution < 1.29 is 58.5 Å². The van der Waals surface area contributed by atoms with Gasteiger partial charge in [0.15, 0.2) is 0 Å². The first-order chi connectivity index (χ1) is 29.0.